The zero-order valence-corrected chi connectivity index (χ0v) is 11.5. The van der Waals surface area contributed by atoms with E-state index in [1.165, 1.54) is 12.1 Å². The van der Waals surface area contributed by atoms with Crippen LogP contribution in [0.25, 0.3) is 0 Å². The molecule has 0 saturated heterocycles. The van der Waals surface area contributed by atoms with Gasteiger partial charge in [-0.15, -0.1) is 0 Å². The lowest BCUT2D eigenvalue weighted by molar-refractivity contribution is -0.384. The molecule has 0 bridgehead atoms. The maximum Gasteiger partial charge on any atom is 0.271 e. The summed E-state index contributed by atoms with van der Waals surface area (Å²) in [6.45, 7) is 6.36. The summed E-state index contributed by atoms with van der Waals surface area (Å²) in [6.07, 6.45) is 0.787. The minimum atomic E-state index is -1.18. The van der Waals surface area contributed by atoms with Crippen LogP contribution in [0.1, 0.15) is 26.3 Å². The van der Waals surface area contributed by atoms with E-state index in [2.05, 4.69) is 0 Å². The molecule has 1 aliphatic rings. The van der Waals surface area contributed by atoms with Gasteiger partial charge in [0.2, 0.25) is 0 Å². The van der Waals surface area contributed by atoms with Gasteiger partial charge in [-0.1, -0.05) is 6.07 Å². The zero-order valence-electron chi connectivity index (χ0n) is 10.7. The Morgan fingerprint density at radius 1 is 1.39 bits per heavy atom. The molecule has 0 radical (unpaired) electrons. The maximum absolute atomic E-state index is 12.4. The molecule has 0 aliphatic carbocycles. The third kappa shape index (κ3) is 2.25. The average Bonchev–Trinajstić information content (AvgIpc) is 2.68. The van der Waals surface area contributed by atoms with E-state index in [9.17, 15) is 14.3 Å². The first-order chi connectivity index (χ1) is 8.30. The van der Waals surface area contributed by atoms with Crippen LogP contribution >= 0.6 is 0 Å². The lowest BCUT2D eigenvalue weighted by Gasteiger charge is -2.27. The summed E-state index contributed by atoms with van der Waals surface area (Å²) in [5.41, 5.74) is 1.81. The minimum Gasteiger partial charge on any atom is -0.290 e. The van der Waals surface area contributed by atoms with Crippen LogP contribution in [0.3, 0.4) is 0 Å². The first kappa shape index (κ1) is 13.0. The van der Waals surface area contributed by atoms with E-state index in [1.54, 1.807) is 10.4 Å². The topological polar surface area (TPSA) is 63.5 Å². The van der Waals surface area contributed by atoms with Gasteiger partial charge in [-0.2, -0.15) is 0 Å². The van der Waals surface area contributed by atoms with E-state index < -0.39 is 15.9 Å². The number of fused-ring (bicyclic) bond motifs is 1. The van der Waals surface area contributed by atoms with Gasteiger partial charge in [-0.05, 0) is 32.8 Å². The Bertz CT molecular complexity index is 523. The summed E-state index contributed by atoms with van der Waals surface area (Å²) in [7, 11) is -1.18. The molecular formula is C12H16N2O3S. The van der Waals surface area contributed by atoms with Crippen LogP contribution in [0.2, 0.25) is 0 Å². The molecule has 2 rings (SSSR count). The number of benzene rings is 1. The van der Waals surface area contributed by atoms with E-state index in [0.717, 1.165) is 17.7 Å². The van der Waals surface area contributed by atoms with Gasteiger partial charge in [0.15, 0.2) is 0 Å². The van der Waals surface area contributed by atoms with Crippen molar-refractivity contribution in [2.24, 2.45) is 0 Å². The number of rotatable bonds is 2. The highest BCUT2D eigenvalue weighted by molar-refractivity contribution is 7.87. The molecule has 0 spiro atoms. The molecular weight excluding hydrogens is 252 g/mol. The van der Waals surface area contributed by atoms with Gasteiger partial charge in [0.25, 0.3) is 5.69 Å². The summed E-state index contributed by atoms with van der Waals surface area (Å²) in [5.74, 6) is 0. The van der Waals surface area contributed by atoms with Crippen molar-refractivity contribution in [1.29, 1.82) is 0 Å². The molecule has 1 aliphatic heterocycles. The summed E-state index contributed by atoms with van der Waals surface area (Å²) in [4.78, 5) is 10.4. The quantitative estimate of drug-likeness (QED) is 0.611. The molecule has 0 N–H and O–H groups in total. The fourth-order valence-corrected chi connectivity index (χ4v) is 3.22. The highest BCUT2D eigenvalue weighted by Gasteiger charge is 2.32. The molecule has 0 aromatic heterocycles. The molecule has 1 unspecified atom stereocenters. The van der Waals surface area contributed by atoms with Crippen LogP contribution in [0, 0.1) is 10.1 Å². The van der Waals surface area contributed by atoms with Gasteiger partial charge < -0.3 is 0 Å². The summed E-state index contributed by atoms with van der Waals surface area (Å²) in [6, 6.07) is 4.78. The SMILES string of the molecule is CC(C)(C)S(=O)N1CCc2ccc([N+](=O)[O-])cc21. The molecule has 1 aromatic carbocycles. The van der Waals surface area contributed by atoms with Crippen LogP contribution in [0.4, 0.5) is 11.4 Å². The van der Waals surface area contributed by atoms with Gasteiger partial charge in [0.1, 0.15) is 11.0 Å². The fraction of sp³-hybridized carbons (Fsp3) is 0.500. The smallest absolute Gasteiger partial charge is 0.271 e. The Hall–Kier alpha value is -1.43. The summed E-state index contributed by atoms with van der Waals surface area (Å²) >= 11 is 0. The molecule has 0 amide bonds. The number of nitro benzene ring substituents is 1. The largest absolute Gasteiger partial charge is 0.290 e. The Kier molecular flexibility index (Phi) is 3.14. The van der Waals surface area contributed by atoms with Gasteiger partial charge >= 0.3 is 0 Å². The number of non-ortho nitro benzene ring substituents is 1. The van der Waals surface area contributed by atoms with Crippen LogP contribution in [0.15, 0.2) is 18.2 Å². The van der Waals surface area contributed by atoms with Gasteiger partial charge in [-0.25, -0.2) is 4.21 Å². The van der Waals surface area contributed by atoms with Crippen LogP contribution in [-0.2, 0) is 17.4 Å². The highest BCUT2D eigenvalue weighted by atomic mass is 32.2. The average molecular weight is 268 g/mol. The van der Waals surface area contributed by atoms with Gasteiger partial charge in [0.05, 0.1) is 15.4 Å². The van der Waals surface area contributed by atoms with E-state index >= 15 is 0 Å². The van der Waals surface area contributed by atoms with Crippen molar-refractivity contribution in [1.82, 2.24) is 0 Å². The van der Waals surface area contributed by atoms with Crippen molar-refractivity contribution < 1.29 is 9.13 Å². The second-order valence-corrected chi connectivity index (χ2v) is 7.45. The third-order valence-corrected chi connectivity index (χ3v) is 4.68. The lowest BCUT2D eigenvalue weighted by Crippen LogP contribution is -2.36. The van der Waals surface area contributed by atoms with Crippen LogP contribution in [0.5, 0.6) is 0 Å². The second kappa shape index (κ2) is 4.35. The minimum absolute atomic E-state index is 0.0477. The summed E-state index contributed by atoms with van der Waals surface area (Å²) < 4.78 is 13.8. The predicted molar refractivity (Wildman–Crippen MR) is 72.0 cm³/mol. The Morgan fingerprint density at radius 2 is 2.06 bits per heavy atom. The van der Waals surface area contributed by atoms with Crippen molar-refractivity contribution in [3.63, 3.8) is 0 Å². The fourth-order valence-electron chi connectivity index (χ4n) is 1.95. The number of hydrogen-bond acceptors (Lipinski definition) is 3. The standard InChI is InChI=1S/C12H16N2O3S/c1-12(2,3)18(17)13-7-6-9-4-5-10(14(15)16)8-11(9)13/h4-5,8H,6-7H2,1-3H3. The molecule has 0 fully saturated rings. The number of anilines is 1. The van der Waals surface area contributed by atoms with Gasteiger partial charge in [0, 0.05) is 18.7 Å². The van der Waals surface area contributed by atoms with E-state index in [0.29, 0.717) is 6.54 Å². The van der Waals surface area contributed by atoms with E-state index in [4.69, 9.17) is 0 Å². The Morgan fingerprint density at radius 3 is 2.61 bits per heavy atom. The highest BCUT2D eigenvalue weighted by Crippen LogP contribution is 2.34. The number of nitro groups is 1. The van der Waals surface area contributed by atoms with Crippen molar-refractivity contribution >= 4 is 22.4 Å². The summed E-state index contributed by atoms with van der Waals surface area (Å²) in [5, 5.41) is 10.8. The Balaban J connectivity index is 2.40. The number of nitrogens with zero attached hydrogens (tertiary/aromatic N) is 2. The first-order valence-corrected chi connectivity index (χ1v) is 6.88. The Labute approximate surface area is 109 Å². The molecule has 98 valence electrons. The molecule has 1 aromatic rings. The molecule has 0 saturated carbocycles. The molecule has 18 heavy (non-hydrogen) atoms. The lowest BCUT2D eigenvalue weighted by atomic mass is 10.1. The van der Waals surface area contributed by atoms with Crippen molar-refractivity contribution in [2.45, 2.75) is 31.9 Å². The van der Waals surface area contributed by atoms with Gasteiger partial charge in [-0.3, -0.25) is 14.4 Å². The monoisotopic (exact) mass is 268 g/mol. The van der Waals surface area contributed by atoms with Crippen molar-refractivity contribution in [3.8, 4) is 0 Å². The van der Waals surface area contributed by atoms with Crippen molar-refractivity contribution in [3.05, 3.63) is 33.9 Å². The molecule has 1 atom stereocenters. The first-order valence-electron chi connectivity index (χ1n) is 5.77. The van der Waals surface area contributed by atoms with E-state index in [1.807, 2.05) is 20.8 Å². The molecule has 1 heterocycles. The van der Waals surface area contributed by atoms with Crippen LogP contribution in [-0.4, -0.2) is 20.4 Å². The second-order valence-electron chi connectivity index (χ2n) is 5.28. The van der Waals surface area contributed by atoms with Crippen LogP contribution < -0.4 is 4.31 Å². The maximum atomic E-state index is 12.4. The molecule has 5 nitrogen and oxygen atoms in total. The normalized spacial score (nSPS) is 16.5. The van der Waals surface area contributed by atoms with E-state index in [-0.39, 0.29) is 10.4 Å². The van der Waals surface area contributed by atoms with Crippen molar-refractivity contribution in [2.75, 3.05) is 10.8 Å². The molecule has 6 heteroatoms. The zero-order chi connectivity index (χ0) is 13.5. The number of hydrogen-bond donors (Lipinski definition) is 0. The predicted octanol–water partition coefficient (Wildman–Crippen LogP) is 2.42. The third-order valence-electron chi connectivity index (χ3n) is 2.86.